The Morgan fingerprint density at radius 1 is 1.38 bits per heavy atom. The standard InChI is InChI=1S/C23H25FN6O2/c1-23(2,32)19(24)13-29-22(31)17-12-27-20(8-18(17)26-10-14-3-4-14)30-6-5-16-7-15(9-25)11-28-21(16)30/h5-8,11-12,14,19,32H,3-4,10,13H2,1-2H3,(H,26,27)(H,29,31)/t19-/m1/s1. The molecule has 0 radical (unpaired) electrons. The summed E-state index contributed by atoms with van der Waals surface area (Å²) in [5, 5.41) is 25.5. The molecule has 0 unspecified atom stereocenters. The minimum atomic E-state index is -1.60. The van der Waals surface area contributed by atoms with Gasteiger partial charge in [0.05, 0.1) is 29.0 Å². The maximum atomic E-state index is 14.1. The second-order valence-corrected chi connectivity index (χ2v) is 8.68. The summed E-state index contributed by atoms with van der Waals surface area (Å²) >= 11 is 0. The molecule has 1 fully saturated rings. The Morgan fingerprint density at radius 3 is 2.84 bits per heavy atom. The zero-order valence-electron chi connectivity index (χ0n) is 18.0. The van der Waals surface area contributed by atoms with Crippen molar-refractivity contribution in [2.45, 2.75) is 38.5 Å². The van der Waals surface area contributed by atoms with Gasteiger partial charge in [0, 0.05) is 36.6 Å². The van der Waals surface area contributed by atoms with E-state index in [2.05, 4.69) is 26.7 Å². The molecule has 9 heteroatoms. The number of nitrogens with one attached hydrogen (secondary N) is 2. The lowest BCUT2D eigenvalue weighted by atomic mass is 10.0. The highest BCUT2D eigenvalue weighted by Gasteiger charge is 2.27. The van der Waals surface area contributed by atoms with Crippen molar-refractivity contribution in [1.29, 1.82) is 5.26 Å². The van der Waals surface area contributed by atoms with Crippen molar-refractivity contribution in [3.05, 3.63) is 47.9 Å². The fourth-order valence-electron chi connectivity index (χ4n) is 3.28. The number of carbonyl (C=O) groups is 1. The first-order valence-electron chi connectivity index (χ1n) is 10.5. The molecule has 3 heterocycles. The van der Waals surface area contributed by atoms with Crippen LogP contribution in [0, 0.1) is 17.2 Å². The number of aliphatic hydroxyl groups is 1. The highest BCUT2D eigenvalue weighted by atomic mass is 19.1. The van der Waals surface area contributed by atoms with Crippen molar-refractivity contribution < 1.29 is 14.3 Å². The molecule has 0 aromatic carbocycles. The van der Waals surface area contributed by atoms with E-state index in [-0.39, 0.29) is 6.54 Å². The molecular formula is C23H25FN6O2. The molecule has 166 valence electrons. The number of rotatable bonds is 8. The van der Waals surface area contributed by atoms with Crippen LogP contribution in [0.25, 0.3) is 16.9 Å². The smallest absolute Gasteiger partial charge is 0.255 e. The summed E-state index contributed by atoms with van der Waals surface area (Å²) in [6, 6.07) is 7.44. The monoisotopic (exact) mass is 436 g/mol. The highest BCUT2D eigenvalue weighted by molar-refractivity contribution is 5.99. The zero-order valence-corrected chi connectivity index (χ0v) is 18.0. The first-order chi connectivity index (χ1) is 15.3. The van der Waals surface area contributed by atoms with E-state index in [0.717, 1.165) is 24.8 Å². The number of pyridine rings is 2. The number of alkyl halides is 1. The Labute approximate surface area is 185 Å². The number of halogens is 1. The van der Waals surface area contributed by atoms with Crippen molar-refractivity contribution in [2.24, 2.45) is 5.92 Å². The van der Waals surface area contributed by atoms with Gasteiger partial charge in [0.2, 0.25) is 0 Å². The fourth-order valence-corrected chi connectivity index (χ4v) is 3.28. The molecule has 3 N–H and O–H groups in total. The SMILES string of the molecule is CC(C)(O)[C@H](F)CNC(=O)c1cnc(-n2ccc3cc(C#N)cnc32)cc1NCC1CC1. The van der Waals surface area contributed by atoms with Crippen molar-refractivity contribution in [3.63, 3.8) is 0 Å². The van der Waals surface area contributed by atoms with Crippen molar-refractivity contribution in [3.8, 4) is 11.9 Å². The molecule has 0 aliphatic heterocycles. The number of amides is 1. The lowest BCUT2D eigenvalue weighted by Gasteiger charge is -2.22. The molecule has 4 rings (SSSR count). The lowest BCUT2D eigenvalue weighted by molar-refractivity contribution is -0.00177. The average molecular weight is 436 g/mol. The molecule has 1 aliphatic carbocycles. The predicted molar refractivity (Wildman–Crippen MR) is 118 cm³/mol. The number of nitriles is 1. The topological polar surface area (TPSA) is 116 Å². The van der Waals surface area contributed by atoms with E-state index >= 15 is 0 Å². The molecule has 0 saturated heterocycles. The van der Waals surface area contributed by atoms with E-state index in [1.54, 1.807) is 16.7 Å². The Morgan fingerprint density at radius 2 is 2.16 bits per heavy atom. The number of aromatic nitrogens is 3. The molecule has 0 bridgehead atoms. The molecule has 3 aromatic heterocycles. The number of fused-ring (bicyclic) bond motifs is 1. The summed E-state index contributed by atoms with van der Waals surface area (Å²) < 4.78 is 15.9. The van der Waals surface area contributed by atoms with Gasteiger partial charge in [0.15, 0.2) is 0 Å². The highest BCUT2D eigenvalue weighted by Crippen LogP contribution is 2.30. The maximum absolute atomic E-state index is 14.1. The molecule has 1 saturated carbocycles. The van der Waals surface area contributed by atoms with Crippen molar-refractivity contribution >= 4 is 22.6 Å². The number of anilines is 1. The maximum Gasteiger partial charge on any atom is 0.255 e. The number of carbonyl (C=O) groups excluding carboxylic acids is 1. The second-order valence-electron chi connectivity index (χ2n) is 8.68. The summed E-state index contributed by atoms with van der Waals surface area (Å²) in [5.74, 6) is 0.668. The van der Waals surface area contributed by atoms with Gasteiger partial charge in [-0.3, -0.25) is 9.36 Å². The fraction of sp³-hybridized carbons (Fsp3) is 0.391. The molecular weight excluding hydrogens is 411 g/mol. The third kappa shape index (κ3) is 4.70. The van der Waals surface area contributed by atoms with Crippen LogP contribution in [-0.2, 0) is 0 Å². The summed E-state index contributed by atoms with van der Waals surface area (Å²) in [5.41, 5.74) is 0.463. The number of hydrogen-bond donors (Lipinski definition) is 3. The third-order valence-corrected chi connectivity index (χ3v) is 5.52. The molecule has 8 nitrogen and oxygen atoms in total. The molecule has 0 spiro atoms. The van der Waals surface area contributed by atoms with Crippen LogP contribution in [0.3, 0.4) is 0 Å². The van der Waals surface area contributed by atoms with Gasteiger partial charge in [-0.2, -0.15) is 5.26 Å². The van der Waals surface area contributed by atoms with Crippen LogP contribution in [0.2, 0.25) is 0 Å². The number of nitrogens with zero attached hydrogens (tertiary/aromatic N) is 4. The van der Waals surface area contributed by atoms with E-state index in [4.69, 9.17) is 5.26 Å². The van der Waals surface area contributed by atoms with E-state index in [1.807, 2.05) is 12.3 Å². The second kappa shape index (κ2) is 8.55. The first-order valence-corrected chi connectivity index (χ1v) is 10.5. The molecule has 1 aliphatic rings. The zero-order chi connectivity index (χ0) is 22.9. The van der Waals surface area contributed by atoms with Gasteiger partial charge in [-0.15, -0.1) is 0 Å². The van der Waals surface area contributed by atoms with Gasteiger partial charge in [-0.1, -0.05) is 0 Å². The summed E-state index contributed by atoms with van der Waals surface area (Å²) in [7, 11) is 0. The molecule has 1 atom stereocenters. The van der Waals surface area contributed by atoms with Crippen LogP contribution >= 0.6 is 0 Å². The van der Waals surface area contributed by atoms with Crippen molar-refractivity contribution in [2.75, 3.05) is 18.4 Å². The van der Waals surface area contributed by atoms with E-state index in [0.29, 0.717) is 34.2 Å². The van der Waals surface area contributed by atoms with Crippen LogP contribution in [0.4, 0.5) is 10.1 Å². The van der Waals surface area contributed by atoms with E-state index < -0.39 is 17.7 Å². The summed E-state index contributed by atoms with van der Waals surface area (Å²) in [6.45, 7) is 3.14. The minimum absolute atomic E-state index is 0.300. The molecule has 3 aromatic rings. The van der Waals surface area contributed by atoms with Crippen LogP contribution in [0.15, 0.2) is 36.8 Å². The summed E-state index contributed by atoms with van der Waals surface area (Å²) in [6.07, 6.45) is 5.46. The summed E-state index contributed by atoms with van der Waals surface area (Å²) in [4.78, 5) is 21.5. The van der Waals surface area contributed by atoms with Crippen LogP contribution < -0.4 is 10.6 Å². The molecule has 32 heavy (non-hydrogen) atoms. The van der Waals surface area contributed by atoms with Gasteiger partial charge >= 0.3 is 0 Å². The Kier molecular flexibility index (Phi) is 5.80. The largest absolute Gasteiger partial charge is 0.387 e. The molecule has 1 amide bonds. The van der Waals surface area contributed by atoms with E-state index in [9.17, 15) is 14.3 Å². The van der Waals surface area contributed by atoms with Crippen molar-refractivity contribution in [1.82, 2.24) is 19.9 Å². The number of hydrogen-bond acceptors (Lipinski definition) is 6. The predicted octanol–water partition coefficient (Wildman–Crippen LogP) is 2.95. The van der Waals surface area contributed by atoms with Gasteiger partial charge < -0.3 is 15.7 Å². The van der Waals surface area contributed by atoms with Gasteiger partial charge in [-0.25, -0.2) is 14.4 Å². The lowest BCUT2D eigenvalue weighted by Crippen LogP contribution is -2.42. The van der Waals surface area contributed by atoms with Gasteiger partial charge in [-0.05, 0) is 44.7 Å². The quantitative estimate of drug-likeness (QED) is 0.500. The Balaban J connectivity index is 1.62. The van der Waals surface area contributed by atoms with Gasteiger partial charge in [0.1, 0.15) is 23.7 Å². The Hall–Kier alpha value is -3.51. The van der Waals surface area contributed by atoms with Gasteiger partial charge in [0.25, 0.3) is 5.91 Å². The normalized spacial score (nSPS) is 14.7. The van der Waals surface area contributed by atoms with Crippen LogP contribution in [0.1, 0.15) is 42.6 Å². The third-order valence-electron chi connectivity index (χ3n) is 5.52. The van der Waals surface area contributed by atoms with E-state index in [1.165, 1.54) is 26.2 Å². The average Bonchev–Trinajstić information content (AvgIpc) is 3.51. The van der Waals surface area contributed by atoms with Crippen LogP contribution in [0.5, 0.6) is 0 Å². The Bertz CT molecular complexity index is 1190. The first kappa shape index (κ1) is 21.7. The van der Waals surface area contributed by atoms with Crippen LogP contribution in [-0.4, -0.2) is 50.4 Å². The minimum Gasteiger partial charge on any atom is -0.387 e.